The van der Waals surface area contributed by atoms with Crippen LogP contribution in [0.5, 0.6) is 0 Å². The van der Waals surface area contributed by atoms with Gasteiger partial charge in [0.15, 0.2) is 0 Å². The zero-order valence-corrected chi connectivity index (χ0v) is 17.1. The van der Waals surface area contributed by atoms with Crippen LogP contribution in [0, 0.1) is 11.3 Å². The fourth-order valence-corrected chi connectivity index (χ4v) is 3.96. The summed E-state index contributed by atoms with van der Waals surface area (Å²) in [5.74, 6) is 0.928. The largest absolute Gasteiger partial charge is 0.328 e. The van der Waals surface area contributed by atoms with Crippen molar-refractivity contribution in [2.75, 3.05) is 5.75 Å². The highest BCUT2D eigenvalue weighted by molar-refractivity contribution is 7.99. The molecule has 1 N–H and O–H groups in total. The van der Waals surface area contributed by atoms with Crippen LogP contribution in [0.1, 0.15) is 12.5 Å². The lowest BCUT2D eigenvalue weighted by atomic mass is 9.90. The number of hydrogen-bond donors (Lipinski definition) is 1. The van der Waals surface area contributed by atoms with Crippen LogP contribution in [0.15, 0.2) is 83.0 Å². The number of aromatic nitrogens is 3. The van der Waals surface area contributed by atoms with Gasteiger partial charge in [-0.1, -0.05) is 37.3 Å². The van der Waals surface area contributed by atoms with Crippen molar-refractivity contribution in [1.29, 1.82) is 5.26 Å². The Bertz CT molecular complexity index is 1280. The summed E-state index contributed by atoms with van der Waals surface area (Å²) in [4.78, 5) is 24.9. The first-order valence-electron chi connectivity index (χ1n) is 9.48. The Morgan fingerprint density at radius 2 is 1.83 bits per heavy atom. The Balaban J connectivity index is 2.05. The Hall–Kier alpha value is -3.69. The Morgan fingerprint density at radius 3 is 2.53 bits per heavy atom. The molecule has 5 nitrogen and oxygen atoms in total. The van der Waals surface area contributed by atoms with E-state index in [1.54, 1.807) is 48.6 Å². The maximum Gasteiger partial charge on any atom is 0.256 e. The van der Waals surface area contributed by atoms with Gasteiger partial charge in [-0.15, -0.1) is 11.8 Å². The van der Waals surface area contributed by atoms with E-state index in [-0.39, 0.29) is 5.56 Å². The van der Waals surface area contributed by atoms with Gasteiger partial charge >= 0.3 is 0 Å². The highest BCUT2D eigenvalue weighted by Gasteiger charge is 2.20. The summed E-state index contributed by atoms with van der Waals surface area (Å²) in [6, 6.07) is 18.9. The van der Waals surface area contributed by atoms with Gasteiger partial charge in [-0.05, 0) is 30.0 Å². The number of nitrogens with zero attached hydrogens (tertiary/aromatic N) is 3. The Labute approximate surface area is 178 Å². The number of nitrogens with one attached hydrogen (secondary N) is 1. The maximum absolute atomic E-state index is 13.0. The van der Waals surface area contributed by atoms with Gasteiger partial charge in [0.2, 0.25) is 0 Å². The molecule has 0 bridgehead atoms. The minimum atomic E-state index is -0.264. The number of pyridine rings is 3. The van der Waals surface area contributed by atoms with Crippen molar-refractivity contribution in [2.45, 2.75) is 11.9 Å². The molecule has 0 aliphatic rings. The van der Waals surface area contributed by atoms with E-state index in [1.165, 1.54) is 0 Å². The number of thioether (sulfide) groups is 1. The fourth-order valence-electron chi connectivity index (χ4n) is 3.37. The number of rotatable bonds is 5. The average molecular weight is 411 g/mol. The first-order chi connectivity index (χ1) is 14.7. The van der Waals surface area contributed by atoms with Crippen molar-refractivity contribution in [3.8, 4) is 39.6 Å². The molecule has 0 unspecified atom stereocenters. The van der Waals surface area contributed by atoms with Gasteiger partial charge in [-0.25, -0.2) is 4.98 Å². The molecule has 0 spiro atoms. The fraction of sp³-hybridized carbons (Fsp3) is 0.0833. The molecule has 0 amide bonds. The van der Waals surface area contributed by atoms with Gasteiger partial charge in [-0.3, -0.25) is 9.78 Å². The van der Waals surface area contributed by atoms with E-state index in [0.29, 0.717) is 22.3 Å². The summed E-state index contributed by atoms with van der Waals surface area (Å²) < 4.78 is 0. The summed E-state index contributed by atoms with van der Waals surface area (Å²) in [6.07, 6.45) is 5.16. The van der Waals surface area contributed by atoms with E-state index < -0.39 is 0 Å². The number of aromatic amines is 1. The standard InChI is InChI=1S/C24H18N4OS/c1-2-30-21-11-10-17(14-27-21)22-19(20-9-5-6-12-26-20)15-28-24(29)23(22)18-8-4-3-7-16(18)13-25/h3-12,14-15H,2H2,1H3,(H,28,29). The highest BCUT2D eigenvalue weighted by Crippen LogP contribution is 2.38. The molecule has 0 aliphatic heterocycles. The summed E-state index contributed by atoms with van der Waals surface area (Å²) in [5.41, 5.74) is 4.20. The lowest BCUT2D eigenvalue weighted by Gasteiger charge is -2.15. The molecule has 1 aromatic carbocycles. The van der Waals surface area contributed by atoms with Crippen LogP contribution in [-0.2, 0) is 0 Å². The summed E-state index contributed by atoms with van der Waals surface area (Å²) >= 11 is 1.66. The Morgan fingerprint density at radius 1 is 1.00 bits per heavy atom. The van der Waals surface area contributed by atoms with Gasteiger partial charge in [0.1, 0.15) is 0 Å². The molecule has 0 saturated carbocycles. The van der Waals surface area contributed by atoms with Gasteiger partial charge < -0.3 is 4.98 Å². The molecule has 3 heterocycles. The van der Waals surface area contributed by atoms with Crippen molar-refractivity contribution in [2.24, 2.45) is 0 Å². The molecule has 0 aliphatic carbocycles. The van der Waals surface area contributed by atoms with Crippen LogP contribution in [-0.4, -0.2) is 20.7 Å². The van der Waals surface area contributed by atoms with Crippen molar-refractivity contribution in [1.82, 2.24) is 15.0 Å². The molecule has 146 valence electrons. The van der Waals surface area contributed by atoms with Crippen molar-refractivity contribution < 1.29 is 0 Å². The molecule has 0 atom stereocenters. The van der Waals surface area contributed by atoms with E-state index in [1.807, 2.05) is 36.4 Å². The lowest BCUT2D eigenvalue weighted by molar-refractivity contribution is 1.13. The van der Waals surface area contributed by atoms with Crippen LogP contribution in [0.25, 0.3) is 33.5 Å². The van der Waals surface area contributed by atoms with Gasteiger partial charge in [0.05, 0.1) is 27.9 Å². The second-order valence-corrected chi connectivity index (χ2v) is 7.76. The van der Waals surface area contributed by atoms with Crippen molar-refractivity contribution >= 4 is 11.8 Å². The second kappa shape index (κ2) is 8.76. The molecule has 0 saturated heterocycles. The first-order valence-corrected chi connectivity index (χ1v) is 10.5. The third-order valence-corrected chi connectivity index (χ3v) is 5.49. The summed E-state index contributed by atoms with van der Waals surface area (Å²) in [7, 11) is 0. The van der Waals surface area contributed by atoms with Crippen LogP contribution in [0.4, 0.5) is 0 Å². The lowest BCUT2D eigenvalue weighted by Crippen LogP contribution is -2.12. The zero-order valence-electron chi connectivity index (χ0n) is 16.3. The van der Waals surface area contributed by atoms with Gasteiger partial charge in [0.25, 0.3) is 5.56 Å². The predicted molar refractivity (Wildman–Crippen MR) is 120 cm³/mol. The minimum Gasteiger partial charge on any atom is -0.328 e. The quantitative estimate of drug-likeness (QED) is 0.460. The second-order valence-electron chi connectivity index (χ2n) is 6.47. The molecule has 6 heteroatoms. The zero-order chi connectivity index (χ0) is 20.9. The van der Waals surface area contributed by atoms with Crippen molar-refractivity contribution in [3.05, 3.63) is 89.1 Å². The Kier molecular flexibility index (Phi) is 5.73. The third kappa shape index (κ3) is 3.76. The normalized spacial score (nSPS) is 10.5. The monoisotopic (exact) mass is 410 g/mol. The number of hydrogen-bond acceptors (Lipinski definition) is 5. The van der Waals surface area contributed by atoms with Gasteiger partial charge in [-0.2, -0.15) is 5.26 Å². The number of H-pyrrole nitrogens is 1. The van der Waals surface area contributed by atoms with Crippen molar-refractivity contribution in [3.63, 3.8) is 0 Å². The summed E-state index contributed by atoms with van der Waals surface area (Å²) in [5, 5.41) is 10.5. The van der Waals surface area contributed by atoms with E-state index in [9.17, 15) is 10.1 Å². The molecule has 30 heavy (non-hydrogen) atoms. The average Bonchev–Trinajstić information content (AvgIpc) is 2.80. The smallest absolute Gasteiger partial charge is 0.256 e. The topological polar surface area (TPSA) is 82.4 Å². The van der Waals surface area contributed by atoms with Crippen LogP contribution in [0.2, 0.25) is 0 Å². The maximum atomic E-state index is 13.0. The highest BCUT2D eigenvalue weighted by atomic mass is 32.2. The minimum absolute atomic E-state index is 0.264. The molecule has 0 radical (unpaired) electrons. The van der Waals surface area contributed by atoms with Crippen LogP contribution >= 0.6 is 11.8 Å². The molecule has 0 fully saturated rings. The molecular weight excluding hydrogens is 392 g/mol. The molecule has 4 rings (SSSR count). The first kappa shape index (κ1) is 19.6. The molecule has 4 aromatic rings. The van der Waals surface area contributed by atoms with Crippen LogP contribution < -0.4 is 5.56 Å². The van der Waals surface area contributed by atoms with E-state index in [2.05, 4.69) is 27.9 Å². The predicted octanol–water partition coefficient (Wildman–Crippen LogP) is 5.15. The third-order valence-electron chi connectivity index (χ3n) is 4.67. The molecule has 3 aromatic heterocycles. The van der Waals surface area contributed by atoms with E-state index in [4.69, 9.17) is 0 Å². The number of benzene rings is 1. The number of nitriles is 1. The SMILES string of the molecule is CCSc1ccc(-c2c(-c3ccccn3)c[nH]c(=O)c2-c2ccccc2C#N)cn1. The van der Waals surface area contributed by atoms with Crippen LogP contribution in [0.3, 0.4) is 0 Å². The molecular formula is C24H18N4OS. The van der Waals surface area contributed by atoms with E-state index >= 15 is 0 Å². The van der Waals surface area contributed by atoms with Gasteiger partial charge in [0, 0.05) is 40.8 Å². The van der Waals surface area contributed by atoms with E-state index in [0.717, 1.165) is 27.6 Å². The summed E-state index contributed by atoms with van der Waals surface area (Å²) in [6.45, 7) is 2.08.